The molecule has 3 unspecified atom stereocenters. The molecule has 0 saturated heterocycles. The van der Waals surface area contributed by atoms with Crippen LogP contribution in [0, 0.1) is 11.3 Å². The molecule has 3 heteroatoms. The Balaban J connectivity index is 1.81. The molecule has 1 fully saturated rings. The molecule has 1 N–H and O–H groups in total. The van der Waals surface area contributed by atoms with Gasteiger partial charge >= 0.3 is 0 Å². The van der Waals surface area contributed by atoms with Crippen molar-refractivity contribution in [1.29, 1.82) is 0 Å². The van der Waals surface area contributed by atoms with Crippen molar-refractivity contribution in [3.05, 3.63) is 0 Å². The van der Waals surface area contributed by atoms with Gasteiger partial charge in [0.15, 0.2) is 5.17 Å². The molecule has 110 valence electrons. The fourth-order valence-corrected chi connectivity index (χ4v) is 4.75. The number of rotatable bonds is 3. The average molecular weight is 282 g/mol. The molecule has 0 amide bonds. The molecule has 19 heavy (non-hydrogen) atoms. The predicted molar refractivity (Wildman–Crippen MR) is 86.9 cm³/mol. The summed E-state index contributed by atoms with van der Waals surface area (Å²) in [7, 11) is 0. The van der Waals surface area contributed by atoms with Gasteiger partial charge in [0.05, 0.1) is 6.54 Å². The summed E-state index contributed by atoms with van der Waals surface area (Å²) in [6.07, 6.45) is 8.11. The van der Waals surface area contributed by atoms with Crippen LogP contribution in [0.4, 0.5) is 0 Å². The lowest BCUT2D eigenvalue weighted by atomic mass is 9.83. The van der Waals surface area contributed by atoms with Crippen molar-refractivity contribution in [2.45, 2.75) is 77.5 Å². The van der Waals surface area contributed by atoms with Gasteiger partial charge in [-0.1, -0.05) is 58.7 Å². The maximum atomic E-state index is 4.73. The SMILES string of the molecule is CCC1CCCCC1NC1=NCC(CC(C)(C)C)S1. The van der Waals surface area contributed by atoms with Crippen LogP contribution in [0.3, 0.4) is 0 Å². The first kappa shape index (κ1) is 15.2. The first-order valence-corrected chi connectivity index (χ1v) is 8.83. The zero-order chi connectivity index (χ0) is 13.9. The van der Waals surface area contributed by atoms with Gasteiger partial charge < -0.3 is 5.32 Å². The lowest BCUT2D eigenvalue weighted by Crippen LogP contribution is -2.40. The van der Waals surface area contributed by atoms with Crippen LogP contribution in [0.2, 0.25) is 0 Å². The molecule has 0 spiro atoms. The zero-order valence-corrected chi connectivity index (χ0v) is 13.9. The lowest BCUT2D eigenvalue weighted by molar-refractivity contribution is 0.281. The van der Waals surface area contributed by atoms with Gasteiger partial charge in [0.1, 0.15) is 0 Å². The minimum atomic E-state index is 0.416. The summed E-state index contributed by atoms with van der Waals surface area (Å²) in [4.78, 5) is 4.73. The Morgan fingerprint density at radius 2 is 2.00 bits per heavy atom. The summed E-state index contributed by atoms with van der Waals surface area (Å²) >= 11 is 1.98. The number of amidine groups is 1. The smallest absolute Gasteiger partial charge is 0.157 e. The van der Waals surface area contributed by atoms with Crippen LogP contribution in [0.1, 0.15) is 66.2 Å². The topological polar surface area (TPSA) is 24.4 Å². The van der Waals surface area contributed by atoms with E-state index in [0.717, 1.165) is 12.5 Å². The first-order chi connectivity index (χ1) is 8.98. The van der Waals surface area contributed by atoms with Crippen molar-refractivity contribution in [2.75, 3.05) is 6.54 Å². The normalized spacial score (nSPS) is 32.2. The minimum absolute atomic E-state index is 0.416. The fraction of sp³-hybridized carbons (Fsp3) is 0.938. The summed E-state index contributed by atoms with van der Waals surface area (Å²) in [5.41, 5.74) is 0.416. The van der Waals surface area contributed by atoms with E-state index in [1.54, 1.807) is 0 Å². The third-order valence-electron chi connectivity index (χ3n) is 4.30. The molecule has 0 aromatic rings. The van der Waals surface area contributed by atoms with E-state index in [1.165, 1.54) is 43.7 Å². The minimum Gasteiger partial charge on any atom is -0.362 e. The lowest BCUT2D eigenvalue weighted by Gasteiger charge is -2.32. The van der Waals surface area contributed by atoms with Crippen LogP contribution >= 0.6 is 11.8 Å². The molecular weight excluding hydrogens is 252 g/mol. The molecule has 3 atom stereocenters. The van der Waals surface area contributed by atoms with E-state index in [0.29, 0.717) is 16.7 Å². The van der Waals surface area contributed by atoms with Crippen LogP contribution < -0.4 is 5.32 Å². The Morgan fingerprint density at radius 1 is 1.26 bits per heavy atom. The van der Waals surface area contributed by atoms with Gasteiger partial charge in [0.25, 0.3) is 0 Å². The van der Waals surface area contributed by atoms with Gasteiger partial charge in [0.2, 0.25) is 0 Å². The van der Waals surface area contributed by atoms with Gasteiger partial charge in [-0.25, -0.2) is 0 Å². The summed E-state index contributed by atoms with van der Waals surface area (Å²) in [6.45, 7) is 10.3. The molecule has 2 aliphatic rings. The highest BCUT2D eigenvalue weighted by Crippen LogP contribution is 2.33. The fourth-order valence-electron chi connectivity index (χ4n) is 3.33. The van der Waals surface area contributed by atoms with Crippen molar-refractivity contribution >= 4 is 16.9 Å². The highest BCUT2D eigenvalue weighted by atomic mass is 32.2. The van der Waals surface area contributed by atoms with Gasteiger partial charge in [-0.05, 0) is 30.6 Å². The highest BCUT2D eigenvalue weighted by Gasteiger charge is 2.29. The van der Waals surface area contributed by atoms with E-state index in [-0.39, 0.29) is 0 Å². The second-order valence-electron chi connectivity index (χ2n) is 7.35. The summed E-state index contributed by atoms with van der Waals surface area (Å²) in [5, 5.41) is 5.66. The Labute approximate surface area is 123 Å². The molecule has 1 heterocycles. The summed E-state index contributed by atoms with van der Waals surface area (Å²) in [5.74, 6) is 0.860. The van der Waals surface area contributed by atoms with Crippen molar-refractivity contribution in [2.24, 2.45) is 16.3 Å². The monoisotopic (exact) mass is 282 g/mol. The Bertz CT molecular complexity index is 319. The van der Waals surface area contributed by atoms with Crippen molar-refractivity contribution < 1.29 is 0 Å². The van der Waals surface area contributed by atoms with E-state index in [2.05, 4.69) is 33.0 Å². The molecule has 1 saturated carbocycles. The standard InChI is InChI=1S/C16H30N2S/c1-5-12-8-6-7-9-14(12)18-15-17-11-13(19-15)10-16(2,3)4/h12-14H,5-11H2,1-4H3,(H,17,18). The van der Waals surface area contributed by atoms with Crippen LogP contribution in [0.25, 0.3) is 0 Å². The predicted octanol–water partition coefficient (Wildman–Crippen LogP) is 4.45. The number of hydrogen-bond donors (Lipinski definition) is 1. The quantitative estimate of drug-likeness (QED) is 0.827. The largest absolute Gasteiger partial charge is 0.362 e. The van der Waals surface area contributed by atoms with Crippen LogP contribution in [-0.4, -0.2) is 23.0 Å². The van der Waals surface area contributed by atoms with E-state index in [1.807, 2.05) is 11.8 Å². The third kappa shape index (κ3) is 4.70. The van der Waals surface area contributed by atoms with Gasteiger partial charge in [-0.2, -0.15) is 0 Å². The number of aliphatic imine (C=N–C) groups is 1. The van der Waals surface area contributed by atoms with Crippen LogP contribution in [0.5, 0.6) is 0 Å². The second kappa shape index (κ2) is 6.51. The van der Waals surface area contributed by atoms with Gasteiger partial charge in [-0.15, -0.1) is 0 Å². The van der Waals surface area contributed by atoms with Crippen molar-refractivity contribution in [3.63, 3.8) is 0 Å². The summed E-state index contributed by atoms with van der Waals surface area (Å²) in [6, 6.07) is 0.679. The zero-order valence-electron chi connectivity index (χ0n) is 13.0. The Morgan fingerprint density at radius 3 is 2.68 bits per heavy atom. The first-order valence-electron chi connectivity index (χ1n) is 7.95. The van der Waals surface area contributed by atoms with E-state index >= 15 is 0 Å². The molecule has 2 nitrogen and oxygen atoms in total. The molecule has 0 bridgehead atoms. The summed E-state index contributed by atoms with van der Waals surface area (Å²) < 4.78 is 0. The van der Waals surface area contributed by atoms with Crippen molar-refractivity contribution in [3.8, 4) is 0 Å². The Hall–Kier alpha value is -0.180. The van der Waals surface area contributed by atoms with E-state index < -0.39 is 0 Å². The van der Waals surface area contributed by atoms with Gasteiger partial charge in [-0.3, -0.25) is 4.99 Å². The number of hydrogen-bond acceptors (Lipinski definition) is 3. The van der Waals surface area contributed by atoms with E-state index in [9.17, 15) is 0 Å². The molecule has 2 rings (SSSR count). The van der Waals surface area contributed by atoms with Crippen LogP contribution in [-0.2, 0) is 0 Å². The maximum absolute atomic E-state index is 4.73. The van der Waals surface area contributed by atoms with Crippen molar-refractivity contribution in [1.82, 2.24) is 5.32 Å². The number of nitrogens with one attached hydrogen (secondary N) is 1. The second-order valence-corrected chi connectivity index (χ2v) is 8.64. The molecule has 0 aromatic heterocycles. The van der Waals surface area contributed by atoms with Gasteiger partial charge in [0, 0.05) is 11.3 Å². The molecule has 0 aromatic carbocycles. The molecule has 1 aliphatic heterocycles. The molecule has 0 radical (unpaired) electrons. The number of nitrogens with zero attached hydrogens (tertiary/aromatic N) is 1. The van der Waals surface area contributed by atoms with E-state index in [4.69, 9.17) is 4.99 Å². The molecule has 1 aliphatic carbocycles. The maximum Gasteiger partial charge on any atom is 0.157 e. The average Bonchev–Trinajstić information content (AvgIpc) is 2.75. The van der Waals surface area contributed by atoms with Crippen LogP contribution in [0.15, 0.2) is 4.99 Å². The third-order valence-corrected chi connectivity index (χ3v) is 5.42. The molecular formula is C16H30N2S. The Kier molecular flexibility index (Phi) is 5.22. The highest BCUT2D eigenvalue weighted by molar-refractivity contribution is 8.14. The number of thioether (sulfide) groups is 1.